The molecule has 220 valence electrons. The normalized spacial score (nSPS) is 25.5. The Kier molecular flexibility index (Phi) is 7.93. The summed E-state index contributed by atoms with van der Waals surface area (Å²) in [6.07, 6.45) is -0.223. The summed E-state index contributed by atoms with van der Waals surface area (Å²) in [5.74, 6) is -1.20. The van der Waals surface area contributed by atoms with Crippen molar-refractivity contribution in [3.05, 3.63) is 22.6 Å². The smallest absolute Gasteiger partial charge is 0.307 e. The van der Waals surface area contributed by atoms with Gasteiger partial charge in [-0.15, -0.1) is 0 Å². The first kappa shape index (κ1) is 28.4. The molecule has 3 N–H and O–H groups in total. The van der Waals surface area contributed by atoms with E-state index in [1.54, 1.807) is 17.7 Å². The zero-order chi connectivity index (χ0) is 29.3. The highest BCUT2D eigenvalue weighted by Gasteiger charge is 2.60. The maximum Gasteiger partial charge on any atom is 0.307 e. The third kappa shape index (κ3) is 5.73. The van der Waals surface area contributed by atoms with Crippen LogP contribution in [0.4, 0.5) is 17.3 Å². The summed E-state index contributed by atoms with van der Waals surface area (Å²) >= 11 is 0. The zero-order valence-electron chi connectivity index (χ0n) is 23.0. The predicted octanol–water partition coefficient (Wildman–Crippen LogP) is 0.480. The first-order chi connectivity index (χ1) is 19.6. The number of aromatic nitrogens is 2. The van der Waals surface area contributed by atoms with Crippen molar-refractivity contribution >= 4 is 52.3 Å². The average molecular weight is 573 g/mol. The lowest BCUT2D eigenvalue weighted by Gasteiger charge is -2.35. The van der Waals surface area contributed by atoms with Gasteiger partial charge in [0.15, 0.2) is 17.9 Å². The Labute approximate surface area is 234 Å². The zero-order valence-corrected chi connectivity index (χ0v) is 23.0. The van der Waals surface area contributed by atoms with E-state index in [0.29, 0.717) is 49.4 Å². The molecule has 4 atom stereocenters. The molecule has 0 bridgehead atoms. The van der Waals surface area contributed by atoms with Crippen molar-refractivity contribution in [1.29, 1.82) is 0 Å². The summed E-state index contributed by atoms with van der Waals surface area (Å²) in [4.78, 5) is 59.9. The van der Waals surface area contributed by atoms with Crippen molar-refractivity contribution in [3.8, 4) is 0 Å². The van der Waals surface area contributed by atoms with E-state index < -0.39 is 47.5 Å². The Balaban J connectivity index is 1.56. The molecule has 2 aromatic rings. The molecule has 0 amide bonds. The molecule has 2 fully saturated rings. The second kappa shape index (κ2) is 11.4. The molecule has 5 heterocycles. The Morgan fingerprint density at radius 1 is 1.22 bits per heavy atom. The molecule has 0 unspecified atom stereocenters. The summed E-state index contributed by atoms with van der Waals surface area (Å²) in [5.41, 5.74) is 4.24. The van der Waals surface area contributed by atoms with Crippen LogP contribution in [0.2, 0.25) is 0 Å². The van der Waals surface area contributed by atoms with Crippen LogP contribution < -0.4 is 16.6 Å². The van der Waals surface area contributed by atoms with Crippen LogP contribution in [0.25, 0.3) is 10.8 Å². The number of ether oxygens (including phenoxy) is 5. The topological polar surface area (TPSA) is 186 Å². The van der Waals surface area contributed by atoms with Crippen LogP contribution >= 0.6 is 0 Å². The molecular formula is C26H32N6O9. The summed E-state index contributed by atoms with van der Waals surface area (Å²) in [6.45, 7) is 6.79. The number of carbonyl (C=O) groups excluding carboxylic acids is 3. The van der Waals surface area contributed by atoms with E-state index in [0.717, 1.165) is 0 Å². The molecule has 0 spiro atoms. The fourth-order valence-electron chi connectivity index (χ4n) is 5.35. The lowest BCUT2D eigenvalue weighted by molar-refractivity contribution is -0.187. The predicted molar refractivity (Wildman–Crippen MR) is 145 cm³/mol. The molecule has 0 aromatic carbocycles. The number of nitrogens with two attached hydrogens (primary N) is 1. The van der Waals surface area contributed by atoms with Crippen LogP contribution in [0.3, 0.4) is 0 Å². The van der Waals surface area contributed by atoms with Gasteiger partial charge in [0.25, 0.3) is 5.56 Å². The number of nitrogens with one attached hydrogen (secondary N) is 1. The molecule has 2 aromatic heterocycles. The number of hydrogen-bond donors (Lipinski definition) is 2. The van der Waals surface area contributed by atoms with Crippen molar-refractivity contribution in [1.82, 2.24) is 14.5 Å². The molecule has 3 aliphatic rings. The van der Waals surface area contributed by atoms with E-state index in [2.05, 4.69) is 20.2 Å². The van der Waals surface area contributed by atoms with Gasteiger partial charge in [-0.05, 0) is 6.92 Å². The van der Waals surface area contributed by atoms with Crippen molar-refractivity contribution in [2.75, 3.05) is 50.5 Å². The maximum absolute atomic E-state index is 13.3. The fourth-order valence-corrected chi connectivity index (χ4v) is 5.35. The van der Waals surface area contributed by atoms with Crippen molar-refractivity contribution in [2.24, 2.45) is 4.99 Å². The molecule has 41 heavy (non-hydrogen) atoms. The number of esters is 3. The Hall–Kier alpha value is -4.08. The molecule has 0 radical (unpaired) electrons. The van der Waals surface area contributed by atoms with Gasteiger partial charge in [-0.25, -0.2) is 4.99 Å². The van der Waals surface area contributed by atoms with Crippen molar-refractivity contribution in [2.45, 2.75) is 51.2 Å². The Morgan fingerprint density at radius 2 is 1.98 bits per heavy atom. The van der Waals surface area contributed by atoms with Gasteiger partial charge in [-0.2, -0.15) is 4.98 Å². The van der Waals surface area contributed by atoms with Gasteiger partial charge in [-0.1, -0.05) is 0 Å². The van der Waals surface area contributed by atoms with Crippen molar-refractivity contribution < 1.29 is 38.1 Å². The third-order valence-electron chi connectivity index (χ3n) is 7.21. The van der Waals surface area contributed by atoms with E-state index in [1.807, 2.05) is 0 Å². The van der Waals surface area contributed by atoms with E-state index >= 15 is 0 Å². The summed E-state index contributed by atoms with van der Waals surface area (Å²) in [6, 6.07) is 1.19. The van der Waals surface area contributed by atoms with Gasteiger partial charge in [0, 0.05) is 56.8 Å². The summed E-state index contributed by atoms with van der Waals surface area (Å²) in [7, 11) is 0. The van der Waals surface area contributed by atoms with E-state index in [9.17, 15) is 19.2 Å². The second-order valence-electron chi connectivity index (χ2n) is 10.2. The standard InChI is InChI=1S/C26H32N6O9/c1-14(33)38-12-18-22(39-15(2)34)26(3,41-20(36)4-5-31-6-8-37-9-7-31)25(40-18)32-11-16-17(27)10-19(35)30-23-21(16)24(32)29-13-28-23/h10-11,13,18,22,25H,4-9,12,27H2,1-3H3,(H,28,29,30,35)/t18-,22-,25-,26-/m1/s1. The minimum atomic E-state index is -1.60. The molecule has 5 rings (SSSR count). The van der Waals surface area contributed by atoms with Gasteiger partial charge in [0.05, 0.1) is 31.4 Å². The van der Waals surface area contributed by atoms with Gasteiger partial charge >= 0.3 is 17.9 Å². The second-order valence-corrected chi connectivity index (χ2v) is 10.2. The largest absolute Gasteiger partial charge is 0.463 e. The Morgan fingerprint density at radius 3 is 2.68 bits per heavy atom. The number of hydrogen-bond acceptors (Lipinski definition) is 14. The number of aliphatic imine (C=N–C) groups is 1. The summed E-state index contributed by atoms with van der Waals surface area (Å²) < 4.78 is 30.3. The molecule has 0 saturated carbocycles. The van der Waals surface area contributed by atoms with E-state index in [4.69, 9.17) is 29.4 Å². The van der Waals surface area contributed by atoms with Crippen LogP contribution in [0, 0.1) is 0 Å². The number of rotatable bonds is 8. The van der Waals surface area contributed by atoms with E-state index in [-0.39, 0.29) is 24.5 Å². The van der Waals surface area contributed by atoms with Crippen LogP contribution in [0.5, 0.6) is 0 Å². The lowest BCUT2D eigenvalue weighted by Crippen LogP contribution is -2.50. The summed E-state index contributed by atoms with van der Waals surface area (Å²) in [5, 5.41) is 3.76. The van der Waals surface area contributed by atoms with Gasteiger partial charge < -0.3 is 39.3 Å². The first-order valence-corrected chi connectivity index (χ1v) is 13.2. The number of morpholine rings is 1. The number of carbonyl (C=O) groups is 3. The highest BCUT2D eigenvalue weighted by molar-refractivity contribution is 6.10. The molecule has 2 saturated heterocycles. The number of nitrogen functional groups attached to an aromatic ring is 1. The average Bonchev–Trinajstić information content (AvgIpc) is 3.38. The van der Waals surface area contributed by atoms with Crippen LogP contribution in [0.1, 0.15) is 33.4 Å². The highest BCUT2D eigenvalue weighted by atomic mass is 16.7. The molecular weight excluding hydrogens is 540 g/mol. The SMILES string of the molecule is CC(=O)OC[C@H]1O[C@@H](n2cc3c(N)cc(=O)nc4c3c2N=CN4)[C@](C)(OC(=O)CCN2CCOCC2)[C@@H]1OC(C)=O. The van der Waals surface area contributed by atoms with Crippen molar-refractivity contribution in [3.63, 3.8) is 0 Å². The quantitative estimate of drug-likeness (QED) is 0.329. The molecule has 15 heteroatoms. The molecule has 15 nitrogen and oxygen atoms in total. The Bertz CT molecular complexity index is 1450. The fraction of sp³-hybridized carbons (Fsp3) is 0.538. The third-order valence-corrected chi connectivity index (χ3v) is 7.21. The van der Waals surface area contributed by atoms with Gasteiger partial charge in [0.2, 0.25) is 0 Å². The van der Waals surface area contributed by atoms with Gasteiger partial charge in [-0.3, -0.25) is 24.1 Å². The van der Waals surface area contributed by atoms with Crippen LogP contribution in [-0.4, -0.2) is 96.0 Å². The highest BCUT2D eigenvalue weighted by Crippen LogP contribution is 2.48. The minimum absolute atomic E-state index is 0.0649. The maximum atomic E-state index is 13.3. The molecule has 3 aliphatic heterocycles. The van der Waals surface area contributed by atoms with Gasteiger partial charge in [0.1, 0.15) is 24.3 Å². The van der Waals surface area contributed by atoms with Crippen LogP contribution in [0.15, 0.2) is 22.1 Å². The lowest BCUT2D eigenvalue weighted by atomic mass is 9.95. The monoisotopic (exact) mass is 572 g/mol. The number of anilines is 2. The molecule has 0 aliphatic carbocycles. The first-order valence-electron chi connectivity index (χ1n) is 13.2. The number of nitrogens with zero attached hydrogens (tertiary/aromatic N) is 4. The van der Waals surface area contributed by atoms with Crippen LogP contribution in [-0.2, 0) is 38.1 Å². The van der Waals surface area contributed by atoms with E-state index in [1.165, 1.54) is 26.3 Å². The minimum Gasteiger partial charge on any atom is -0.463 e.